The highest BCUT2D eigenvalue weighted by atomic mass is 31.2. The molecule has 0 fully saturated rings. The number of rotatable bonds is 78. The summed E-state index contributed by atoms with van der Waals surface area (Å²) in [6.07, 6.45) is 57.3. The van der Waals surface area contributed by atoms with Gasteiger partial charge in [-0.1, -0.05) is 364 Å². The van der Waals surface area contributed by atoms with Crippen molar-refractivity contribution in [1.82, 2.24) is 0 Å². The predicted molar refractivity (Wildman–Crippen MR) is 409 cm³/mol. The van der Waals surface area contributed by atoms with Crippen molar-refractivity contribution in [3.8, 4) is 0 Å². The maximum Gasteiger partial charge on any atom is 0.472 e. The summed E-state index contributed by atoms with van der Waals surface area (Å²) >= 11 is 0. The van der Waals surface area contributed by atoms with Crippen molar-refractivity contribution in [3.05, 3.63) is 0 Å². The van der Waals surface area contributed by atoms with Crippen LogP contribution < -0.4 is 0 Å². The number of carbonyl (C=O) groups is 4. The van der Waals surface area contributed by atoms with Crippen LogP contribution in [-0.4, -0.2) is 96.7 Å². The number of hydrogen-bond acceptors (Lipinski definition) is 15. The number of phosphoric ester groups is 2. The molecule has 0 amide bonds. The summed E-state index contributed by atoms with van der Waals surface area (Å²) in [4.78, 5) is 72.9. The largest absolute Gasteiger partial charge is 0.472 e. The highest BCUT2D eigenvalue weighted by Crippen LogP contribution is 2.45. The first-order chi connectivity index (χ1) is 48.2. The predicted octanol–water partition coefficient (Wildman–Crippen LogP) is 24.0. The van der Waals surface area contributed by atoms with E-state index in [1.54, 1.807) is 0 Å². The van der Waals surface area contributed by atoms with Crippen molar-refractivity contribution in [3.63, 3.8) is 0 Å². The molecule has 0 radical (unpaired) electrons. The molecule has 0 heterocycles. The average Bonchev–Trinajstić information content (AvgIpc) is 0.940. The van der Waals surface area contributed by atoms with Gasteiger partial charge in [0.1, 0.15) is 19.3 Å². The van der Waals surface area contributed by atoms with E-state index in [1.807, 2.05) is 0 Å². The van der Waals surface area contributed by atoms with Crippen LogP contribution in [0, 0.1) is 23.7 Å². The fraction of sp³-hybridized carbons (Fsp3) is 0.951. The molecule has 0 aromatic carbocycles. The van der Waals surface area contributed by atoms with Gasteiger partial charge in [-0.05, 0) is 49.4 Å². The van der Waals surface area contributed by atoms with E-state index >= 15 is 0 Å². The molecule has 0 rings (SSSR count). The van der Waals surface area contributed by atoms with Crippen LogP contribution in [-0.2, 0) is 65.4 Å². The Balaban J connectivity index is 5.10. The third-order valence-electron chi connectivity index (χ3n) is 19.5. The van der Waals surface area contributed by atoms with Crippen molar-refractivity contribution >= 4 is 39.5 Å². The molecule has 3 N–H and O–H groups in total. The van der Waals surface area contributed by atoms with E-state index in [0.29, 0.717) is 31.6 Å². The van der Waals surface area contributed by atoms with E-state index < -0.39 is 97.5 Å². The standard InChI is InChI=1S/C81H158O17P2/c1-9-73(7)59-51-43-34-30-26-22-18-13-11-12-14-19-23-27-31-35-45-53-61-78(83)91-67-77(98-81(86)64-56-48-40-38-44-52-60-74(8)10-2)70-96-100(89,90)94-66-75(82)65-93-99(87,88)95-69-76(68-92-79(84)62-54-46-39-37-42-50-58-72(5)6)97-80(85)63-55-47-36-32-28-24-20-16-15-17-21-25-29-33-41-49-57-71(3)4/h71-77,82H,9-70H2,1-8H3,(H,87,88)(H,89,90)/t73?,74?,75?,76-,77-/m1/s1. The van der Waals surface area contributed by atoms with Crippen molar-refractivity contribution in [2.24, 2.45) is 23.7 Å². The zero-order valence-corrected chi connectivity index (χ0v) is 67.6. The highest BCUT2D eigenvalue weighted by Gasteiger charge is 2.30. The topological polar surface area (TPSA) is 237 Å². The second-order valence-electron chi connectivity index (χ2n) is 30.6. The normalized spacial score (nSPS) is 14.6. The van der Waals surface area contributed by atoms with Crippen LogP contribution in [0.3, 0.4) is 0 Å². The average molecular weight is 1470 g/mol. The molecule has 0 aliphatic heterocycles. The molecule has 100 heavy (non-hydrogen) atoms. The van der Waals surface area contributed by atoms with Gasteiger partial charge in [-0.2, -0.15) is 0 Å². The van der Waals surface area contributed by atoms with E-state index in [1.165, 1.54) is 212 Å². The molecule has 0 saturated carbocycles. The van der Waals surface area contributed by atoms with Crippen LogP contribution in [0.15, 0.2) is 0 Å². The number of aliphatic hydroxyl groups excluding tert-OH is 1. The van der Waals surface area contributed by atoms with Crippen molar-refractivity contribution in [1.29, 1.82) is 0 Å². The molecular formula is C81H158O17P2. The quantitative estimate of drug-likeness (QED) is 0.0222. The zero-order chi connectivity index (χ0) is 73.8. The maximum atomic E-state index is 13.1. The molecule has 17 nitrogen and oxygen atoms in total. The van der Waals surface area contributed by atoms with Crippen molar-refractivity contribution in [2.75, 3.05) is 39.6 Å². The SMILES string of the molecule is CCC(C)CCCCCCCCCCCCCCCCCCCCC(=O)OC[C@H](COP(=O)(O)OCC(O)COP(=O)(O)OC[C@@H](COC(=O)CCCCCCCCC(C)C)OC(=O)CCCCCCCCCCCCCCCCCCC(C)C)OC(=O)CCCCCCCCC(C)CC. The molecule has 0 aromatic rings. The van der Waals surface area contributed by atoms with E-state index in [9.17, 15) is 43.2 Å². The van der Waals surface area contributed by atoms with Gasteiger partial charge >= 0.3 is 39.5 Å². The molecule has 19 heteroatoms. The lowest BCUT2D eigenvalue weighted by Crippen LogP contribution is -2.30. The second-order valence-corrected chi connectivity index (χ2v) is 33.5. The number of aliphatic hydroxyl groups is 1. The Labute approximate surface area is 613 Å². The Morgan fingerprint density at radius 3 is 0.710 bits per heavy atom. The van der Waals surface area contributed by atoms with Crippen LogP contribution in [0.5, 0.6) is 0 Å². The second kappa shape index (κ2) is 70.1. The van der Waals surface area contributed by atoms with Crippen LogP contribution in [0.25, 0.3) is 0 Å². The summed E-state index contributed by atoms with van der Waals surface area (Å²) < 4.78 is 68.6. The van der Waals surface area contributed by atoms with Gasteiger partial charge in [-0.15, -0.1) is 0 Å². The van der Waals surface area contributed by atoms with Gasteiger partial charge in [0.25, 0.3) is 0 Å². The summed E-state index contributed by atoms with van der Waals surface area (Å²) in [5, 5.41) is 10.6. The smallest absolute Gasteiger partial charge is 0.462 e. The number of esters is 4. The highest BCUT2D eigenvalue weighted by molar-refractivity contribution is 7.47. The van der Waals surface area contributed by atoms with Gasteiger partial charge in [0, 0.05) is 25.7 Å². The Bertz CT molecular complexity index is 1960. The lowest BCUT2D eigenvalue weighted by molar-refractivity contribution is -0.161. The lowest BCUT2D eigenvalue weighted by Gasteiger charge is -2.21. The number of phosphoric acid groups is 2. The first-order valence-corrected chi connectivity index (χ1v) is 44.8. The van der Waals surface area contributed by atoms with Gasteiger partial charge in [0.2, 0.25) is 0 Å². The molecule has 0 saturated heterocycles. The summed E-state index contributed by atoms with van der Waals surface area (Å²) in [5.74, 6) is 0.961. The van der Waals surface area contributed by atoms with E-state index in [0.717, 1.165) is 114 Å². The third kappa shape index (κ3) is 71.7. The molecule has 0 spiro atoms. The molecule has 5 unspecified atom stereocenters. The van der Waals surface area contributed by atoms with Gasteiger partial charge < -0.3 is 33.8 Å². The Hall–Kier alpha value is -1.94. The molecule has 594 valence electrons. The van der Waals surface area contributed by atoms with E-state index in [-0.39, 0.29) is 25.7 Å². The first-order valence-electron chi connectivity index (χ1n) is 41.8. The zero-order valence-electron chi connectivity index (χ0n) is 65.8. The Kier molecular flexibility index (Phi) is 68.7. The van der Waals surface area contributed by atoms with Gasteiger partial charge in [-0.3, -0.25) is 37.3 Å². The minimum atomic E-state index is -4.96. The van der Waals surface area contributed by atoms with Gasteiger partial charge in [-0.25, -0.2) is 9.13 Å². The van der Waals surface area contributed by atoms with Gasteiger partial charge in [0.05, 0.1) is 26.4 Å². The number of hydrogen-bond donors (Lipinski definition) is 3. The maximum absolute atomic E-state index is 13.1. The molecule has 7 atom stereocenters. The number of carbonyl (C=O) groups excluding carboxylic acids is 4. The third-order valence-corrected chi connectivity index (χ3v) is 21.4. The fourth-order valence-corrected chi connectivity index (χ4v) is 13.9. The van der Waals surface area contributed by atoms with Crippen molar-refractivity contribution in [2.45, 2.75) is 433 Å². The molecule has 0 bridgehead atoms. The van der Waals surface area contributed by atoms with Crippen LogP contribution in [0.2, 0.25) is 0 Å². The monoisotopic (exact) mass is 1470 g/mol. The molecular weight excluding hydrogens is 1310 g/mol. The minimum absolute atomic E-state index is 0.103. The van der Waals surface area contributed by atoms with Crippen LogP contribution in [0.4, 0.5) is 0 Å². The lowest BCUT2D eigenvalue weighted by atomic mass is 9.99. The van der Waals surface area contributed by atoms with E-state index in [4.69, 9.17) is 37.0 Å². The van der Waals surface area contributed by atoms with E-state index in [2.05, 4.69) is 55.4 Å². The summed E-state index contributed by atoms with van der Waals surface area (Å²) in [5.41, 5.74) is 0. The Morgan fingerprint density at radius 1 is 0.280 bits per heavy atom. The summed E-state index contributed by atoms with van der Waals surface area (Å²) in [7, 11) is -9.92. The molecule has 0 aliphatic rings. The first kappa shape index (κ1) is 98.1. The number of ether oxygens (including phenoxy) is 4. The summed E-state index contributed by atoms with van der Waals surface area (Å²) in [6.45, 7) is 14.2. The fourth-order valence-electron chi connectivity index (χ4n) is 12.4. The van der Waals surface area contributed by atoms with Crippen LogP contribution >= 0.6 is 15.6 Å². The number of unbranched alkanes of at least 4 members (excludes halogenated alkanes) is 42. The Morgan fingerprint density at radius 2 is 0.480 bits per heavy atom. The van der Waals surface area contributed by atoms with Crippen molar-refractivity contribution < 1.29 is 80.2 Å². The summed E-state index contributed by atoms with van der Waals surface area (Å²) in [6, 6.07) is 0. The molecule has 0 aromatic heterocycles. The minimum Gasteiger partial charge on any atom is -0.462 e. The van der Waals surface area contributed by atoms with Gasteiger partial charge in [0.15, 0.2) is 12.2 Å². The van der Waals surface area contributed by atoms with Crippen LogP contribution in [0.1, 0.15) is 415 Å². The molecule has 0 aliphatic carbocycles.